The summed E-state index contributed by atoms with van der Waals surface area (Å²) in [6.45, 7) is 1.85. The van der Waals surface area contributed by atoms with Crippen LogP contribution in [0.2, 0.25) is 0 Å². The number of allylic oxidation sites excluding steroid dienone is 1. The van der Waals surface area contributed by atoms with Crippen molar-refractivity contribution in [2.24, 2.45) is 0 Å². The summed E-state index contributed by atoms with van der Waals surface area (Å²) in [5, 5.41) is 7.91. The number of para-hydroxylation sites is 1. The molecule has 0 saturated carbocycles. The number of methoxy groups -OCH3 is 1. The topological polar surface area (TPSA) is 79.5 Å². The van der Waals surface area contributed by atoms with Crippen molar-refractivity contribution in [3.8, 4) is 5.75 Å². The Kier molecular flexibility index (Phi) is 6.17. The molecule has 3 N–H and O–H groups in total. The standard InChI is InChI=1S/C19H21N3O3/c1-13(16-6-4-5-7-17(16)25-3)12-18(23)21-14-8-10-15(11-9-14)22-19(24)20-2/h4-12H,1-3H3,(H,21,23)(H2,20,22,24)/b13-12-. The van der Waals surface area contributed by atoms with Crippen molar-refractivity contribution in [1.82, 2.24) is 5.32 Å². The summed E-state index contributed by atoms with van der Waals surface area (Å²) in [6.07, 6.45) is 1.52. The minimum atomic E-state index is -0.299. The van der Waals surface area contributed by atoms with Crippen LogP contribution in [0.3, 0.4) is 0 Å². The Morgan fingerprint density at radius 1 is 0.960 bits per heavy atom. The van der Waals surface area contributed by atoms with Gasteiger partial charge in [0.15, 0.2) is 0 Å². The maximum atomic E-state index is 12.2. The van der Waals surface area contributed by atoms with Gasteiger partial charge < -0.3 is 20.7 Å². The minimum Gasteiger partial charge on any atom is -0.496 e. The molecular weight excluding hydrogens is 318 g/mol. The van der Waals surface area contributed by atoms with E-state index in [1.165, 1.54) is 6.08 Å². The van der Waals surface area contributed by atoms with E-state index < -0.39 is 0 Å². The van der Waals surface area contributed by atoms with Crippen LogP contribution in [0, 0.1) is 0 Å². The summed E-state index contributed by atoms with van der Waals surface area (Å²) in [7, 11) is 3.14. The molecular formula is C19H21N3O3. The molecule has 0 heterocycles. The second-order valence-corrected chi connectivity index (χ2v) is 5.30. The second-order valence-electron chi connectivity index (χ2n) is 5.30. The lowest BCUT2D eigenvalue weighted by molar-refractivity contribution is -0.111. The van der Waals surface area contributed by atoms with Gasteiger partial charge in [0, 0.05) is 30.1 Å². The molecule has 0 unspecified atom stereocenters. The van der Waals surface area contributed by atoms with Crippen LogP contribution in [0.15, 0.2) is 54.6 Å². The number of ether oxygens (including phenoxy) is 1. The third-order valence-corrected chi connectivity index (χ3v) is 3.52. The average Bonchev–Trinajstić information content (AvgIpc) is 2.63. The van der Waals surface area contributed by atoms with Crippen LogP contribution in [0.5, 0.6) is 5.75 Å². The first-order chi connectivity index (χ1) is 12.0. The van der Waals surface area contributed by atoms with Gasteiger partial charge in [0.2, 0.25) is 5.91 Å². The SMILES string of the molecule is CNC(=O)Nc1ccc(NC(=O)/C=C(/C)c2ccccc2OC)cc1. The predicted molar refractivity (Wildman–Crippen MR) is 99.8 cm³/mol. The van der Waals surface area contributed by atoms with Crippen LogP contribution < -0.4 is 20.7 Å². The molecule has 130 valence electrons. The zero-order valence-electron chi connectivity index (χ0n) is 14.4. The molecule has 0 aliphatic heterocycles. The van der Waals surface area contributed by atoms with Crippen molar-refractivity contribution < 1.29 is 14.3 Å². The zero-order chi connectivity index (χ0) is 18.2. The zero-order valence-corrected chi connectivity index (χ0v) is 14.4. The molecule has 0 bridgehead atoms. The third kappa shape index (κ3) is 5.10. The molecule has 3 amide bonds. The van der Waals surface area contributed by atoms with Crippen LogP contribution in [0.4, 0.5) is 16.2 Å². The molecule has 0 aliphatic carbocycles. The number of urea groups is 1. The summed E-state index contributed by atoms with van der Waals surface area (Å²) in [6, 6.07) is 14.1. The molecule has 2 aromatic rings. The quantitative estimate of drug-likeness (QED) is 0.730. The molecule has 6 heteroatoms. The van der Waals surface area contributed by atoms with Gasteiger partial charge >= 0.3 is 6.03 Å². The first-order valence-electron chi connectivity index (χ1n) is 7.75. The largest absolute Gasteiger partial charge is 0.496 e. The molecule has 0 saturated heterocycles. The van der Waals surface area contributed by atoms with Crippen LogP contribution in [0.25, 0.3) is 5.57 Å². The Morgan fingerprint density at radius 3 is 2.16 bits per heavy atom. The molecule has 0 spiro atoms. The molecule has 25 heavy (non-hydrogen) atoms. The van der Waals surface area contributed by atoms with Crippen molar-refractivity contribution in [2.45, 2.75) is 6.92 Å². The van der Waals surface area contributed by atoms with Crippen molar-refractivity contribution in [3.05, 3.63) is 60.2 Å². The molecule has 0 atom stereocenters. The van der Waals surface area contributed by atoms with E-state index in [0.29, 0.717) is 17.1 Å². The second kappa shape index (κ2) is 8.54. The number of hydrogen-bond donors (Lipinski definition) is 3. The maximum absolute atomic E-state index is 12.2. The first-order valence-corrected chi connectivity index (χ1v) is 7.75. The van der Waals surface area contributed by atoms with E-state index in [2.05, 4.69) is 16.0 Å². The normalized spacial score (nSPS) is 10.8. The lowest BCUT2D eigenvalue weighted by Crippen LogP contribution is -2.24. The van der Waals surface area contributed by atoms with E-state index in [1.54, 1.807) is 38.4 Å². The van der Waals surface area contributed by atoms with Gasteiger partial charge in [-0.05, 0) is 42.8 Å². The minimum absolute atomic E-state index is 0.240. The Labute approximate surface area is 146 Å². The van der Waals surface area contributed by atoms with E-state index in [4.69, 9.17) is 4.74 Å². The van der Waals surface area contributed by atoms with Gasteiger partial charge in [-0.1, -0.05) is 18.2 Å². The molecule has 6 nitrogen and oxygen atoms in total. The van der Waals surface area contributed by atoms with Gasteiger partial charge in [-0.2, -0.15) is 0 Å². The molecule has 2 aromatic carbocycles. The predicted octanol–water partition coefficient (Wildman–Crippen LogP) is 3.49. The lowest BCUT2D eigenvalue weighted by atomic mass is 10.1. The highest BCUT2D eigenvalue weighted by Crippen LogP contribution is 2.25. The number of hydrogen-bond acceptors (Lipinski definition) is 3. The fourth-order valence-electron chi connectivity index (χ4n) is 2.25. The average molecular weight is 339 g/mol. The maximum Gasteiger partial charge on any atom is 0.318 e. The Hall–Kier alpha value is -3.28. The fourth-order valence-corrected chi connectivity index (χ4v) is 2.25. The monoisotopic (exact) mass is 339 g/mol. The molecule has 0 aliphatic rings. The fraction of sp³-hybridized carbons (Fsp3) is 0.158. The van der Waals surface area contributed by atoms with Crippen LogP contribution in [-0.4, -0.2) is 26.1 Å². The molecule has 0 aromatic heterocycles. The van der Waals surface area contributed by atoms with Gasteiger partial charge in [-0.25, -0.2) is 4.79 Å². The summed E-state index contributed by atoms with van der Waals surface area (Å²) < 4.78 is 5.31. The van der Waals surface area contributed by atoms with E-state index in [-0.39, 0.29) is 11.9 Å². The highest BCUT2D eigenvalue weighted by molar-refractivity contribution is 6.04. The van der Waals surface area contributed by atoms with Gasteiger partial charge in [0.1, 0.15) is 5.75 Å². The van der Waals surface area contributed by atoms with Gasteiger partial charge in [0.25, 0.3) is 0 Å². The number of rotatable bonds is 5. The first kappa shape index (κ1) is 18.1. The van der Waals surface area contributed by atoms with Crippen LogP contribution >= 0.6 is 0 Å². The number of nitrogens with one attached hydrogen (secondary N) is 3. The smallest absolute Gasteiger partial charge is 0.318 e. The summed E-state index contributed by atoms with van der Waals surface area (Å²) >= 11 is 0. The van der Waals surface area contributed by atoms with Crippen molar-refractivity contribution in [1.29, 1.82) is 0 Å². The number of carbonyl (C=O) groups is 2. The Morgan fingerprint density at radius 2 is 1.56 bits per heavy atom. The Balaban J connectivity index is 2.05. The van der Waals surface area contributed by atoms with Crippen molar-refractivity contribution in [3.63, 3.8) is 0 Å². The number of benzene rings is 2. The summed E-state index contributed by atoms with van der Waals surface area (Å²) in [5.41, 5.74) is 2.94. The van der Waals surface area contributed by atoms with Crippen LogP contribution in [0.1, 0.15) is 12.5 Å². The molecule has 2 rings (SSSR count). The molecule has 0 fully saturated rings. The number of carbonyl (C=O) groups excluding carboxylic acids is 2. The van der Waals surface area contributed by atoms with E-state index in [9.17, 15) is 9.59 Å². The lowest BCUT2D eigenvalue weighted by Gasteiger charge is -2.09. The van der Waals surface area contributed by atoms with E-state index in [0.717, 1.165) is 11.1 Å². The Bertz CT molecular complexity index is 783. The summed E-state index contributed by atoms with van der Waals surface area (Å²) in [4.78, 5) is 23.4. The molecule has 0 radical (unpaired) electrons. The van der Waals surface area contributed by atoms with Gasteiger partial charge in [-0.3, -0.25) is 4.79 Å². The highest BCUT2D eigenvalue weighted by atomic mass is 16.5. The van der Waals surface area contributed by atoms with Crippen molar-refractivity contribution >= 4 is 28.9 Å². The van der Waals surface area contributed by atoms with E-state index in [1.807, 2.05) is 31.2 Å². The van der Waals surface area contributed by atoms with E-state index >= 15 is 0 Å². The summed E-state index contributed by atoms with van der Waals surface area (Å²) in [5.74, 6) is 0.476. The van der Waals surface area contributed by atoms with Gasteiger partial charge in [0.05, 0.1) is 7.11 Å². The third-order valence-electron chi connectivity index (χ3n) is 3.52. The van der Waals surface area contributed by atoms with Gasteiger partial charge in [-0.15, -0.1) is 0 Å². The van der Waals surface area contributed by atoms with Crippen LogP contribution in [-0.2, 0) is 4.79 Å². The highest BCUT2D eigenvalue weighted by Gasteiger charge is 2.06. The number of anilines is 2. The van der Waals surface area contributed by atoms with Crippen molar-refractivity contribution in [2.75, 3.05) is 24.8 Å². The number of amides is 3.